The lowest BCUT2D eigenvalue weighted by Gasteiger charge is -2.10. The first-order valence-electron chi connectivity index (χ1n) is 6.14. The van der Waals surface area contributed by atoms with E-state index in [4.69, 9.17) is 11.6 Å². The van der Waals surface area contributed by atoms with Crippen molar-refractivity contribution in [2.45, 2.75) is 6.92 Å². The van der Waals surface area contributed by atoms with Crippen LogP contribution >= 0.6 is 11.6 Å². The van der Waals surface area contributed by atoms with Gasteiger partial charge in [-0.05, 0) is 30.7 Å². The van der Waals surface area contributed by atoms with Gasteiger partial charge in [-0.25, -0.2) is 0 Å². The number of para-hydroxylation sites is 1. The number of hydrogen-bond acceptors (Lipinski definition) is 3. The van der Waals surface area contributed by atoms with E-state index in [1.165, 1.54) is 12.1 Å². The fourth-order valence-corrected chi connectivity index (χ4v) is 2.00. The molecule has 0 saturated carbocycles. The highest BCUT2D eigenvalue weighted by Gasteiger charge is 2.16. The lowest BCUT2D eigenvalue weighted by Crippen LogP contribution is -2.29. The fourth-order valence-electron chi connectivity index (χ4n) is 1.73. The number of aromatic hydroxyl groups is 1. The summed E-state index contributed by atoms with van der Waals surface area (Å²) in [6.45, 7) is 1.77. The quantitative estimate of drug-likeness (QED) is 0.746. The zero-order valence-corrected chi connectivity index (χ0v) is 11.9. The minimum Gasteiger partial charge on any atom is -0.508 e. The molecule has 2 amide bonds. The van der Waals surface area contributed by atoms with E-state index in [0.29, 0.717) is 16.4 Å². The normalized spacial score (nSPS) is 10.0. The highest BCUT2D eigenvalue weighted by Crippen LogP contribution is 2.25. The summed E-state index contributed by atoms with van der Waals surface area (Å²) in [5, 5.41) is 14.5. The third kappa shape index (κ3) is 3.73. The van der Waals surface area contributed by atoms with Crippen LogP contribution < -0.4 is 10.6 Å². The first-order chi connectivity index (χ1) is 9.97. The number of nitrogens with one attached hydrogen (secondary N) is 2. The number of benzene rings is 2. The Bertz CT molecular complexity index is 681. The van der Waals surface area contributed by atoms with Gasteiger partial charge in [0, 0.05) is 11.8 Å². The Morgan fingerprint density at radius 3 is 2.38 bits per heavy atom. The summed E-state index contributed by atoms with van der Waals surface area (Å²) >= 11 is 5.98. The zero-order chi connectivity index (χ0) is 15.4. The van der Waals surface area contributed by atoms with E-state index in [9.17, 15) is 14.7 Å². The summed E-state index contributed by atoms with van der Waals surface area (Å²) in [6, 6.07) is 11.1. The molecule has 6 heteroatoms. The molecule has 0 heterocycles. The van der Waals surface area contributed by atoms with E-state index in [-0.39, 0.29) is 5.75 Å². The van der Waals surface area contributed by atoms with Crippen molar-refractivity contribution in [3.8, 4) is 5.75 Å². The molecule has 0 unspecified atom stereocenters. The molecule has 0 aliphatic rings. The molecule has 0 saturated heterocycles. The minimum atomic E-state index is -0.847. The molecule has 2 aromatic carbocycles. The monoisotopic (exact) mass is 304 g/mol. The Labute approximate surface area is 126 Å². The first kappa shape index (κ1) is 14.9. The molecule has 0 aromatic heterocycles. The van der Waals surface area contributed by atoms with Crippen molar-refractivity contribution in [3.63, 3.8) is 0 Å². The molecule has 2 aromatic rings. The number of anilines is 2. The summed E-state index contributed by atoms with van der Waals surface area (Å²) in [6.07, 6.45) is 0. The third-order valence-corrected chi connectivity index (χ3v) is 3.09. The standard InChI is InChI=1S/C15H13ClN2O3/c1-9-4-2-7-12(16)13(9)18-15(21)14(20)17-10-5-3-6-11(19)8-10/h2-8,19H,1H3,(H,17,20)(H,18,21). The molecule has 0 aliphatic heterocycles. The molecule has 0 spiro atoms. The van der Waals surface area contributed by atoms with Crippen LogP contribution in [0, 0.1) is 6.92 Å². The van der Waals surface area contributed by atoms with Crippen molar-refractivity contribution in [1.82, 2.24) is 0 Å². The van der Waals surface area contributed by atoms with Crippen LogP contribution in [-0.2, 0) is 9.59 Å². The highest BCUT2D eigenvalue weighted by molar-refractivity contribution is 6.45. The largest absolute Gasteiger partial charge is 0.508 e. The van der Waals surface area contributed by atoms with Gasteiger partial charge in [0.15, 0.2) is 0 Å². The van der Waals surface area contributed by atoms with E-state index in [1.807, 2.05) is 0 Å². The molecule has 0 bridgehead atoms. The van der Waals surface area contributed by atoms with Gasteiger partial charge in [-0.2, -0.15) is 0 Å². The molecule has 0 atom stereocenters. The van der Waals surface area contributed by atoms with Gasteiger partial charge < -0.3 is 15.7 Å². The summed E-state index contributed by atoms with van der Waals surface area (Å²) < 4.78 is 0. The van der Waals surface area contributed by atoms with E-state index in [0.717, 1.165) is 5.56 Å². The molecule has 5 nitrogen and oxygen atoms in total. The summed E-state index contributed by atoms with van der Waals surface area (Å²) in [5.74, 6) is -1.69. The summed E-state index contributed by atoms with van der Waals surface area (Å²) in [5.41, 5.74) is 1.47. The first-order valence-corrected chi connectivity index (χ1v) is 6.51. The molecule has 0 radical (unpaired) electrons. The number of carbonyl (C=O) groups excluding carboxylic acids is 2. The van der Waals surface area contributed by atoms with Crippen LogP contribution in [-0.4, -0.2) is 16.9 Å². The number of hydrogen-bond donors (Lipinski definition) is 3. The predicted molar refractivity (Wildman–Crippen MR) is 81.6 cm³/mol. The minimum absolute atomic E-state index is 0.00448. The number of carbonyl (C=O) groups is 2. The molecular formula is C15H13ClN2O3. The molecule has 3 N–H and O–H groups in total. The van der Waals surface area contributed by atoms with E-state index in [1.54, 1.807) is 37.3 Å². The number of aryl methyl sites for hydroxylation is 1. The van der Waals surface area contributed by atoms with E-state index >= 15 is 0 Å². The Hall–Kier alpha value is -2.53. The number of amides is 2. The predicted octanol–water partition coefficient (Wildman–Crippen LogP) is 2.93. The van der Waals surface area contributed by atoms with Crippen molar-refractivity contribution < 1.29 is 14.7 Å². The lowest BCUT2D eigenvalue weighted by atomic mass is 10.2. The molecule has 21 heavy (non-hydrogen) atoms. The Balaban J connectivity index is 2.08. The number of rotatable bonds is 2. The second kappa shape index (κ2) is 6.28. The van der Waals surface area contributed by atoms with Gasteiger partial charge in [-0.1, -0.05) is 29.8 Å². The highest BCUT2D eigenvalue weighted by atomic mass is 35.5. The van der Waals surface area contributed by atoms with Crippen molar-refractivity contribution in [2.75, 3.05) is 10.6 Å². The van der Waals surface area contributed by atoms with Crippen molar-refractivity contribution in [2.24, 2.45) is 0 Å². The molecule has 0 fully saturated rings. The third-order valence-electron chi connectivity index (χ3n) is 2.77. The SMILES string of the molecule is Cc1cccc(Cl)c1NC(=O)C(=O)Nc1cccc(O)c1. The maximum atomic E-state index is 11.9. The average molecular weight is 305 g/mol. The second-order valence-electron chi connectivity index (χ2n) is 4.39. The Kier molecular flexibility index (Phi) is 4.45. The van der Waals surface area contributed by atoms with Crippen molar-refractivity contribution in [3.05, 3.63) is 53.1 Å². The van der Waals surface area contributed by atoms with Gasteiger partial charge in [0.25, 0.3) is 0 Å². The van der Waals surface area contributed by atoms with E-state index in [2.05, 4.69) is 10.6 Å². The van der Waals surface area contributed by atoms with Gasteiger partial charge in [0.1, 0.15) is 5.75 Å². The van der Waals surface area contributed by atoms with Crippen molar-refractivity contribution >= 4 is 34.8 Å². The van der Waals surface area contributed by atoms with Gasteiger partial charge in [-0.15, -0.1) is 0 Å². The molecule has 2 rings (SSSR count). The number of phenols is 1. The molecule has 0 aliphatic carbocycles. The Morgan fingerprint density at radius 1 is 1.05 bits per heavy atom. The second-order valence-corrected chi connectivity index (χ2v) is 4.80. The van der Waals surface area contributed by atoms with Crippen LogP contribution in [0.15, 0.2) is 42.5 Å². The molecular weight excluding hydrogens is 292 g/mol. The Morgan fingerprint density at radius 2 is 1.71 bits per heavy atom. The lowest BCUT2D eigenvalue weighted by molar-refractivity contribution is -0.133. The van der Waals surface area contributed by atoms with E-state index < -0.39 is 11.8 Å². The van der Waals surface area contributed by atoms with Crippen LogP contribution in [0.5, 0.6) is 5.75 Å². The topological polar surface area (TPSA) is 78.4 Å². The van der Waals surface area contributed by atoms with Gasteiger partial charge >= 0.3 is 11.8 Å². The fraction of sp³-hybridized carbons (Fsp3) is 0.0667. The summed E-state index contributed by atoms with van der Waals surface area (Å²) in [4.78, 5) is 23.7. The van der Waals surface area contributed by atoms with Crippen LogP contribution in [0.2, 0.25) is 5.02 Å². The van der Waals surface area contributed by atoms with Crippen molar-refractivity contribution in [1.29, 1.82) is 0 Å². The maximum absolute atomic E-state index is 11.9. The van der Waals surface area contributed by atoms with Crippen LogP contribution in [0.1, 0.15) is 5.56 Å². The number of phenolic OH excluding ortho intramolecular Hbond substituents is 1. The summed E-state index contributed by atoms with van der Waals surface area (Å²) in [7, 11) is 0. The molecule has 108 valence electrons. The zero-order valence-electron chi connectivity index (χ0n) is 11.2. The van der Waals surface area contributed by atoms with Crippen LogP contribution in [0.3, 0.4) is 0 Å². The smallest absolute Gasteiger partial charge is 0.314 e. The van der Waals surface area contributed by atoms with Crippen LogP contribution in [0.25, 0.3) is 0 Å². The maximum Gasteiger partial charge on any atom is 0.314 e. The van der Waals surface area contributed by atoms with Gasteiger partial charge in [-0.3, -0.25) is 9.59 Å². The van der Waals surface area contributed by atoms with Gasteiger partial charge in [0.2, 0.25) is 0 Å². The van der Waals surface area contributed by atoms with Gasteiger partial charge in [0.05, 0.1) is 10.7 Å². The average Bonchev–Trinajstić information content (AvgIpc) is 2.43. The van der Waals surface area contributed by atoms with Crippen LogP contribution in [0.4, 0.5) is 11.4 Å². The number of halogens is 1.